The maximum absolute atomic E-state index is 12.0. The number of rotatable bonds is 6. The van der Waals surface area contributed by atoms with Gasteiger partial charge in [0.25, 0.3) is 0 Å². The van der Waals surface area contributed by atoms with Gasteiger partial charge in [0.2, 0.25) is 0 Å². The Hall–Kier alpha value is -0.130. The molecule has 1 aliphatic rings. The van der Waals surface area contributed by atoms with E-state index in [9.17, 15) is 8.42 Å². The summed E-state index contributed by atoms with van der Waals surface area (Å²) in [7, 11) is -2.95. The third-order valence-corrected chi connectivity index (χ3v) is 6.95. The van der Waals surface area contributed by atoms with Gasteiger partial charge in [-0.2, -0.15) is 0 Å². The lowest BCUT2D eigenvalue weighted by Crippen LogP contribution is -2.64. The van der Waals surface area contributed by atoms with Crippen molar-refractivity contribution >= 4 is 9.84 Å². The first-order valence-electron chi connectivity index (χ1n) is 7.80. The van der Waals surface area contributed by atoms with Crippen LogP contribution in [-0.4, -0.2) is 55.5 Å². The summed E-state index contributed by atoms with van der Waals surface area (Å²) in [5, 5.41) is 3.34. The summed E-state index contributed by atoms with van der Waals surface area (Å²) in [6, 6.07) is 0.467. The van der Waals surface area contributed by atoms with Crippen LogP contribution < -0.4 is 5.32 Å². The second-order valence-electron chi connectivity index (χ2n) is 7.05. The van der Waals surface area contributed by atoms with Crippen molar-refractivity contribution in [2.24, 2.45) is 5.92 Å². The lowest BCUT2D eigenvalue weighted by molar-refractivity contribution is 0.0577. The van der Waals surface area contributed by atoms with E-state index in [0.29, 0.717) is 18.5 Å². The topological polar surface area (TPSA) is 49.4 Å². The molecule has 5 heteroatoms. The molecule has 0 aliphatic carbocycles. The number of nitrogens with zero attached hydrogens (tertiary/aromatic N) is 1. The molecule has 1 saturated heterocycles. The second kappa shape index (κ2) is 6.75. The van der Waals surface area contributed by atoms with Crippen LogP contribution in [0.5, 0.6) is 0 Å². The molecule has 120 valence electrons. The van der Waals surface area contributed by atoms with Crippen molar-refractivity contribution in [3.05, 3.63) is 0 Å². The second-order valence-corrected chi connectivity index (χ2v) is 9.72. The monoisotopic (exact) mass is 304 g/mol. The zero-order valence-electron chi connectivity index (χ0n) is 13.9. The molecule has 0 aromatic heterocycles. The van der Waals surface area contributed by atoms with Crippen LogP contribution in [0, 0.1) is 5.92 Å². The number of hydrogen-bond acceptors (Lipinski definition) is 4. The van der Waals surface area contributed by atoms with Gasteiger partial charge in [0, 0.05) is 31.2 Å². The number of piperazine rings is 1. The van der Waals surface area contributed by atoms with Crippen LogP contribution in [0.4, 0.5) is 0 Å². The van der Waals surface area contributed by atoms with Crippen LogP contribution >= 0.6 is 0 Å². The first kappa shape index (κ1) is 17.9. The van der Waals surface area contributed by atoms with Gasteiger partial charge in [0.1, 0.15) is 0 Å². The normalized spacial score (nSPS) is 25.9. The largest absolute Gasteiger partial charge is 0.311 e. The fourth-order valence-corrected chi connectivity index (χ4v) is 3.52. The van der Waals surface area contributed by atoms with Gasteiger partial charge in [-0.05, 0) is 33.6 Å². The highest BCUT2D eigenvalue weighted by Gasteiger charge is 2.35. The van der Waals surface area contributed by atoms with Gasteiger partial charge in [-0.15, -0.1) is 0 Å². The molecule has 2 unspecified atom stereocenters. The Balaban J connectivity index is 2.69. The molecule has 4 nitrogen and oxygen atoms in total. The molecular formula is C15H32N2O2S. The van der Waals surface area contributed by atoms with Gasteiger partial charge in [-0.1, -0.05) is 20.3 Å². The molecule has 2 atom stereocenters. The van der Waals surface area contributed by atoms with E-state index in [1.807, 2.05) is 0 Å². The van der Waals surface area contributed by atoms with E-state index >= 15 is 0 Å². The standard InChI is InChI=1S/C15H32N2O2S/c1-7-13(4)14-10-17(15(5,6)11-16-14)8-9-20(18,19)12(2)3/h12-14,16H,7-11H2,1-6H3. The van der Waals surface area contributed by atoms with Crippen molar-refractivity contribution in [3.63, 3.8) is 0 Å². The minimum absolute atomic E-state index is 0.0243. The van der Waals surface area contributed by atoms with Crippen LogP contribution in [0.1, 0.15) is 48.0 Å². The Kier molecular flexibility index (Phi) is 6.05. The Labute approximate surface area is 125 Å². The van der Waals surface area contributed by atoms with Gasteiger partial charge in [-0.25, -0.2) is 8.42 Å². The molecule has 1 aliphatic heterocycles. The van der Waals surface area contributed by atoms with Gasteiger partial charge in [0.05, 0.1) is 11.0 Å². The zero-order chi connectivity index (χ0) is 15.6. The van der Waals surface area contributed by atoms with Crippen molar-refractivity contribution in [3.8, 4) is 0 Å². The molecule has 1 rings (SSSR count). The molecular weight excluding hydrogens is 272 g/mol. The van der Waals surface area contributed by atoms with Crippen molar-refractivity contribution in [1.29, 1.82) is 0 Å². The van der Waals surface area contributed by atoms with Crippen LogP contribution in [0.15, 0.2) is 0 Å². The van der Waals surface area contributed by atoms with Gasteiger partial charge in [-0.3, -0.25) is 4.90 Å². The Morgan fingerprint density at radius 2 is 1.90 bits per heavy atom. The fourth-order valence-electron chi connectivity index (χ4n) is 2.57. The predicted octanol–water partition coefficient (Wildman–Crippen LogP) is 1.91. The average Bonchev–Trinajstić information content (AvgIpc) is 2.36. The zero-order valence-corrected chi connectivity index (χ0v) is 14.8. The van der Waals surface area contributed by atoms with Crippen LogP contribution in [0.2, 0.25) is 0 Å². The lowest BCUT2D eigenvalue weighted by atomic mass is 9.91. The van der Waals surface area contributed by atoms with Crippen molar-refractivity contribution in [2.75, 3.05) is 25.4 Å². The van der Waals surface area contributed by atoms with Gasteiger partial charge in [0.15, 0.2) is 9.84 Å². The Morgan fingerprint density at radius 3 is 2.40 bits per heavy atom. The van der Waals surface area contributed by atoms with Gasteiger partial charge >= 0.3 is 0 Å². The number of nitrogens with one attached hydrogen (secondary N) is 1. The smallest absolute Gasteiger partial charge is 0.153 e. The van der Waals surface area contributed by atoms with Crippen molar-refractivity contribution < 1.29 is 8.42 Å². The molecule has 0 amide bonds. The van der Waals surface area contributed by atoms with E-state index in [0.717, 1.165) is 19.5 Å². The summed E-state index contributed by atoms with van der Waals surface area (Å²) < 4.78 is 24.0. The summed E-state index contributed by atoms with van der Waals surface area (Å²) in [4.78, 5) is 2.35. The highest BCUT2D eigenvalue weighted by Crippen LogP contribution is 2.22. The summed E-state index contributed by atoms with van der Waals surface area (Å²) in [6.07, 6.45) is 1.15. The number of hydrogen-bond donors (Lipinski definition) is 1. The molecule has 0 aromatic carbocycles. The molecule has 1 heterocycles. The summed E-state index contributed by atoms with van der Waals surface area (Å²) in [5.74, 6) is 0.886. The summed E-state index contributed by atoms with van der Waals surface area (Å²) in [5.41, 5.74) is 0.0243. The van der Waals surface area contributed by atoms with Crippen molar-refractivity contribution in [1.82, 2.24) is 10.2 Å². The maximum atomic E-state index is 12.0. The third kappa shape index (κ3) is 4.43. The van der Waals surface area contributed by atoms with E-state index in [2.05, 4.69) is 37.9 Å². The molecule has 0 radical (unpaired) electrons. The molecule has 1 N–H and O–H groups in total. The lowest BCUT2D eigenvalue weighted by Gasteiger charge is -2.47. The maximum Gasteiger partial charge on any atom is 0.153 e. The molecule has 0 bridgehead atoms. The SMILES string of the molecule is CCC(C)C1CN(CCS(=O)(=O)C(C)C)C(C)(C)CN1. The Morgan fingerprint density at radius 1 is 1.30 bits per heavy atom. The first-order chi connectivity index (χ1) is 9.10. The number of sulfone groups is 1. The molecule has 0 saturated carbocycles. The highest BCUT2D eigenvalue weighted by molar-refractivity contribution is 7.92. The summed E-state index contributed by atoms with van der Waals surface area (Å²) >= 11 is 0. The van der Waals surface area contributed by atoms with Crippen LogP contribution in [0.3, 0.4) is 0 Å². The minimum Gasteiger partial charge on any atom is -0.311 e. The van der Waals surface area contributed by atoms with Gasteiger partial charge < -0.3 is 5.32 Å². The van der Waals surface area contributed by atoms with E-state index in [4.69, 9.17) is 0 Å². The molecule has 1 fully saturated rings. The molecule has 20 heavy (non-hydrogen) atoms. The quantitative estimate of drug-likeness (QED) is 0.814. The first-order valence-corrected chi connectivity index (χ1v) is 9.51. The molecule has 0 aromatic rings. The third-order valence-electron chi connectivity index (χ3n) is 4.76. The van der Waals surface area contributed by atoms with Crippen LogP contribution in [-0.2, 0) is 9.84 Å². The van der Waals surface area contributed by atoms with Crippen LogP contribution in [0.25, 0.3) is 0 Å². The Bertz CT molecular complexity index is 404. The van der Waals surface area contributed by atoms with E-state index in [1.165, 1.54) is 0 Å². The van der Waals surface area contributed by atoms with E-state index in [-0.39, 0.29) is 16.5 Å². The average molecular weight is 305 g/mol. The minimum atomic E-state index is -2.95. The highest BCUT2D eigenvalue weighted by atomic mass is 32.2. The van der Waals surface area contributed by atoms with E-state index in [1.54, 1.807) is 13.8 Å². The molecule has 0 spiro atoms. The van der Waals surface area contributed by atoms with E-state index < -0.39 is 9.84 Å². The predicted molar refractivity (Wildman–Crippen MR) is 85.8 cm³/mol. The summed E-state index contributed by atoms with van der Waals surface area (Å²) in [6.45, 7) is 14.9. The fraction of sp³-hybridized carbons (Fsp3) is 1.00. The van der Waals surface area contributed by atoms with Crippen molar-refractivity contribution in [2.45, 2.75) is 64.8 Å².